The van der Waals surface area contributed by atoms with Crippen molar-refractivity contribution in [2.24, 2.45) is 7.05 Å². The Morgan fingerprint density at radius 1 is 1.07 bits per heavy atom. The van der Waals surface area contributed by atoms with Crippen LogP contribution in [0.4, 0.5) is 4.39 Å². The van der Waals surface area contributed by atoms with E-state index in [-0.39, 0.29) is 24.2 Å². The van der Waals surface area contributed by atoms with Crippen molar-refractivity contribution in [1.82, 2.24) is 30.4 Å². The van der Waals surface area contributed by atoms with E-state index in [4.69, 9.17) is 13.9 Å². The molecule has 4 rings (SSSR count). The summed E-state index contributed by atoms with van der Waals surface area (Å²) in [5, 5.41) is 43.5. The molecule has 1 aromatic carbocycles. The highest BCUT2D eigenvalue weighted by Gasteiger charge is 2.49. The fraction of sp³-hybridized carbons (Fsp3) is 0.444. The Balaban J connectivity index is 1.74. The van der Waals surface area contributed by atoms with Crippen LogP contribution in [0.3, 0.4) is 0 Å². The van der Waals surface area contributed by atoms with Gasteiger partial charge in [0.05, 0.1) is 12.6 Å². The van der Waals surface area contributed by atoms with Crippen LogP contribution in [-0.2, 0) is 33.4 Å². The Morgan fingerprint density at radius 3 is 2.33 bits per heavy atom. The van der Waals surface area contributed by atoms with Crippen molar-refractivity contribution in [1.29, 1.82) is 0 Å². The van der Waals surface area contributed by atoms with Gasteiger partial charge in [-0.05, 0) is 31.5 Å². The van der Waals surface area contributed by atoms with Crippen LogP contribution in [0.25, 0.3) is 0 Å². The van der Waals surface area contributed by atoms with E-state index in [0.717, 1.165) is 11.7 Å². The number of hydrogen-bond donors (Lipinski definition) is 5. The van der Waals surface area contributed by atoms with E-state index >= 15 is 0 Å². The van der Waals surface area contributed by atoms with Crippen LogP contribution in [0.15, 0.2) is 33.5 Å². The zero-order valence-electron chi connectivity index (χ0n) is 24.7. The van der Waals surface area contributed by atoms with Gasteiger partial charge in [0.2, 0.25) is 17.9 Å². The lowest BCUT2D eigenvalue weighted by atomic mass is 9.99. The van der Waals surface area contributed by atoms with E-state index in [1.54, 1.807) is 0 Å². The summed E-state index contributed by atoms with van der Waals surface area (Å²) in [6.45, 7) is 4.29. The topological polar surface area (TPSA) is 237 Å². The predicted octanol–water partition coefficient (Wildman–Crippen LogP) is -1.43. The van der Waals surface area contributed by atoms with E-state index in [2.05, 4.69) is 30.6 Å². The number of nitrogens with one attached hydrogen (secondary N) is 2. The first-order chi connectivity index (χ1) is 21.1. The number of rotatable bonds is 9. The largest absolute Gasteiger partial charge is 0.467 e. The number of halogens is 1. The highest BCUT2D eigenvalue weighted by molar-refractivity contribution is 5.95. The number of carbonyl (C=O) groups excluding carboxylic acids is 3. The maximum absolute atomic E-state index is 13.7. The molecule has 3 heterocycles. The van der Waals surface area contributed by atoms with Crippen LogP contribution >= 0.6 is 0 Å². The summed E-state index contributed by atoms with van der Waals surface area (Å²) < 4.78 is 34.9. The number of esters is 1. The molecule has 1 fully saturated rings. The first kappa shape index (κ1) is 33.1. The molecule has 1 aliphatic heterocycles. The summed E-state index contributed by atoms with van der Waals surface area (Å²) in [5.74, 6) is -4.56. The van der Waals surface area contributed by atoms with Gasteiger partial charge in [0.1, 0.15) is 30.0 Å². The molecule has 3 aromatic rings. The molecule has 2 amide bonds. The van der Waals surface area contributed by atoms with Gasteiger partial charge in [0.15, 0.2) is 11.8 Å². The average Bonchev–Trinajstić information content (AvgIpc) is 3.44. The highest BCUT2D eigenvalue weighted by atomic mass is 19.1. The summed E-state index contributed by atoms with van der Waals surface area (Å²) >= 11 is 0. The first-order valence-electron chi connectivity index (χ1n) is 13.4. The van der Waals surface area contributed by atoms with Crippen LogP contribution in [-0.4, -0.2) is 90.7 Å². The van der Waals surface area contributed by atoms with E-state index in [9.17, 15) is 38.9 Å². The van der Waals surface area contributed by atoms with Crippen molar-refractivity contribution in [3.8, 4) is 5.75 Å². The quantitative estimate of drug-likeness (QED) is 0.170. The highest BCUT2D eigenvalue weighted by Crippen LogP contribution is 2.27. The zero-order valence-corrected chi connectivity index (χ0v) is 24.7. The normalized spacial score (nSPS) is 21.6. The predicted molar refractivity (Wildman–Crippen MR) is 146 cm³/mol. The van der Waals surface area contributed by atoms with Crippen molar-refractivity contribution in [3.05, 3.63) is 69.3 Å². The number of hydrogen-bond acceptors (Lipinski definition) is 14. The molecule has 5 unspecified atom stereocenters. The van der Waals surface area contributed by atoms with E-state index < -0.39 is 76.8 Å². The summed E-state index contributed by atoms with van der Waals surface area (Å²) in [4.78, 5) is 56.5. The Labute approximate surface area is 253 Å². The molecule has 18 heteroatoms. The second-order valence-electron chi connectivity index (χ2n) is 10.5. The summed E-state index contributed by atoms with van der Waals surface area (Å²) in [6.07, 6.45) is -9.70. The first-order valence-corrected chi connectivity index (χ1v) is 13.4. The number of carbonyl (C=O) groups is 3. The van der Waals surface area contributed by atoms with E-state index in [0.29, 0.717) is 5.56 Å². The minimum Gasteiger partial charge on any atom is -0.467 e. The molecule has 0 bridgehead atoms. The van der Waals surface area contributed by atoms with Gasteiger partial charge in [-0.2, -0.15) is 0 Å². The number of aromatic nitrogens is 4. The van der Waals surface area contributed by atoms with E-state index in [1.807, 2.05) is 0 Å². The second kappa shape index (κ2) is 13.1. The van der Waals surface area contributed by atoms with Crippen molar-refractivity contribution in [2.45, 2.75) is 63.6 Å². The molecule has 0 radical (unpaired) electrons. The average molecular weight is 635 g/mol. The molecule has 0 spiro atoms. The molecule has 5 atom stereocenters. The number of nitrogens with zero attached hydrogens (tertiary/aromatic N) is 4. The van der Waals surface area contributed by atoms with Crippen molar-refractivity contribution in [2.75, 3.05) is 7.11 Å². The van der Waals surface area contributed by atoms with Crippen LogP contribution in [0, 0.1) is 12.7 Å². The third-order valence-corrected chi connectivity index (χ3v) is 6.77. The van der Waals surface area contributed by atoms with Crippen LogP contribution < -0.4 is 20.9 Å². The molecule has 45 heavy (non-hydrogen) atoms. The van der Waals surface area contributed by atoms with Crippen LogP contribution in [0.1, 0.15) is 52.3 Å². The van der Waals surface area contributed by atoms with Crippen molar-refractivity contribution < 1.29 is 52.7 Å². The van der Waals surface area contributed by atoms with Crippen LogP contribution in [0.5, 0.6) is 5.75 Å². The van der Waals surface area contributed by atoms with Gasteiger partial charge in [0.25, 0.3) is 11.5 Å². The van der Waals surface area contributed by atoms with Gasteiger partial charge in [-0.15, -0.1) is 10.2 Å². The van der Waals surface area contributed by atoms with Gasteiger partial charge >= 0.3 is 17.8 Å². The number of aliphatic hydroxyl groups is 3. The number of benzene rings is 1. The third-order valence-electron chi connectivity index (χ3n) is 6.77. The molecule has 5 N–H and O–H groups in total. The monoisotopic (exact) mass is 634 g/mol. The standard InChI is InChI=1S/C27H31FN6O11/c1-11-32-33-22(43-11)21(39)31-27(2,3)26-30-14(20(38)29-10-12-6-8-13(28)9-7-12)18(23(40)34(26)4)44-25-17(37)15(35)16(36)19(45-25)24(41)42-5/h6-9,15-17,19,25,35-37H,10H2,1-5H3,(H,29,38)(H,31,39). The zero-order chi connectivity index (χ0) is 33.2. The number of methoxy groups -OCH3 is 1. The summed E-state index contributed by atoms with van der Waals surface area (Å²) in [5.41, 5.74) is -2.62. The Morgan fingerprint density at radius 2 is 1.73 bits per heavy atom. The number of aryl methyl sites for hydroxylation is 1. The molecule has 1 aliphatic rings. The maximum Gasteiger partial charge on any atom is 0.337 e. The SMILES string of the molecule is COC(=O)C1OC(Oc2c(C(=O)NCc3ccc(F)cc3)nc(C(C)(C)NC(=O)c3nnc(C)o3)n(C)c2=O)C(O)C(O)C1O. The van der Waals surface area contributed by atoms with Gasteiger partial charge in [-0.25, -0.2) is 14.2 Å². The lowest BCUT2D eigenvalue weighted by molar-refractivity contribution is -0.272. The minimum absolute atomic E-state index is 0.129. The molecule has 0 saturated carbocycles. The lowest BCUT2D eigenvalue weighted by Crippen LogP contribution is -2.61. The third kappa shape index (κ3) is 6.98. The Bertz CT molecular complexity index is 1640. The smallest absolute Gasteiger partial charge is 0.337 e. The van der Waals surface area contributed by atoms with Crippen molar-refractivity contribution in [3.63, 3.8) is 0 Å². The van der Waals surface area contributed by atoms with E-state index in [1.165, 1.54) is 52.1 Å². The fourth-order valence-electron chi connectivity index (χ4n) is 4.42. The molecule has 2 aromatic heterocycles. The molecule has 1 saturated heterocycles. The molecule has 242 valence electrons. The molecular weight excluding hydrogens is 603 g/mol. The number of amides is 2. The van der Waals surface area contributed by atoms with Gasteiger partial charge in [-0.1, -0.05) is 12.1 Å². The Kier molecular flexibility index (Phi) is 9.62. The molecular formula is C27H31FN6O11. The Hall–Kier alpha value is -4.78. The lowest BCUT2D eigenvalue weighted by Gasteiger charge is -2.38. The van der Waals surface area contributed by atoms with Crippen molar-refractivity contribution >= 4 is 17.8 Å². The van der Waals surface area contributed by atoms with Gasteiger partial charge in [0, 0.05) is 20.5 Å². The maximum atomic E-state index is 13.7. The summed E-state index contributed by atoms with van der Waals surface area (Å²) in [7, 11) is 2.25. The molecule has 0 aliphatic carbocycles. The van der Waals surface area contributed by atoms with Gasteiger partial charge < -0.3 is 44.6 Å². The minimum atomic E-state index is -2.01. The van der Waals surface area contributed by atoms with Crippen LogP contribution in [0.2, 0.25) is 0 Å². The second-order valence-corrected chi connectivity index (χ2v) is 10.5. The fourth-order valence-corrected chi connectivity index (χ4v) is 4.42. The number of aliphatic hydroxyl groups excluding tert-OH is 3. The summed E-state index contributed by atoms with van der Waals surface area (Å²) in [6, 6.07) is 5.19. The molecule has 17 nitrogen and oxygen atoms in total. The number of ether oxygens (including phenoxy) is 3. The van der Waals surface area contributed by atoms with Gasteiger partial charge in [-0.3, -0.25) is 19.0 Å².